The second kappa shape index (κ2) is 4.37. The zero-order valence-corrected chi connectivity index (χ0v) is 8.65. The topological polar surface area (TPSA) is 155 Å². The molecule has 2 heterocycles. The molecule has 1 fully saturated rings. The van der Waals surface area contributed by atoms with Crippen molar-refractivity contribution >= 4 is 5.95 Å². The lowest BCUT2D eigenvalue weighted by molar-refractivity contribution is -0.0253. The van der Waals surface area contributed by atoms with Crippen molar-refractivity contribution in [2.24, 2.45) is 0 Å². The fourth-order valence-corrected chi connectivity index (χ4v) is 1.68. The van der Waals surface area contributed by atoms with Crippen LogP contribution >= 0.6 is 0 Å². The van der Waals surface area contributed by atoms with Crippen LogP contribution < -0.4 is 11.4 Å². The van der Waals surface area contributed by atoms with Crippen LogP contribution in [0.2, 0.25) is 0 Å². The number of nitrogen functional groups attached to an aromatic ring is 1. The maximum Gasteiger partial charge on any atom is 0.349 e. The first kappa shape index (κ1) is 11.9. The van der Waals surface area contributed by atoms with Gasteiger partial charge in [-0.1, -0.05) is 0 Å². The Balaban J connectivity index is 2.31. The van der Waals surface area contributed by atoms with Crippen molar-refractivity contribution < 1.29 is 20.1 Å². The quantitative estimate of drug-likeness (QED) is 0.366. The number of aromatic amines is 1. The molecule has 0 amide bonds. The van der Waals surface area contributed by atoms with Crippen molar-refractivity contribution in [3.8, 4) is 0 Å². The summed E-state index contributed by atoms with van der Waals surface area (Å²) in [5.41, 5.74) is 4.55. The first-order valence-corrected chi connectivity index (χ1v) is 4.89. The van der Waals surface area contributed by atoms with Crippen molar-refractivity contribution in [2.45, 2.75) is 24.4 Å². The maximum atomic E-state index is 11.1. The molecule has 0 radical (unpaired) electrons. The second-order valence-corrected chi connectivity index (χ2v) is 3.66. The van der Waals surface area contributed by atoms with Crippen LogP contribution in [0.3, 0.4) is 0 Å². The van der Waals surface area contributed by atoms with E-state index in [-0.39, 0.29) is 11.8 Å². The van der Waals surface area contributed by atoms with Crippen molar-refractivity contribution in [2.75, 3.05) is 12.3 Å². The molecule has 2 rings (SSSR count). The molecule has 0 bridgehead atoms. The highest BCUT2D eigenvalue weighted by Crippen LogP contribution is 2.31. The van der Waals surface area contributed by atoms with E-state index in [0.29, 0.717) is 0 Å². The van der Waals surface area contributed by atoms with E-state index in [1.54, 1.807) is 0 Å². The number of nitrogens with zero attached hydrogens (tertiary/aromatic N) is 2. The number of ether oxygens (including phenoxy) is 1. The van der Waals surface area contributed by atoms with Crippen LogP contribution in [0.15, 0.2) is 4.79 Å². The molecular formula is C8H12N4O5. The van der Waals surface area contributed by atoms with Gasteiger partial charge < -0.3 is 25.8 Å². The number of rotatable bonds is 2. The molecule has 6 N–H and O–H groups in total. The molecule has 17 heavy (non-hydrogen) atoms. The number of nitrogens with one attached hydrogen (secondary N) is 1. The zero-order chi connectivity index (χ0) is 12.6. The second-order valence-electron chi connectivity index (χ2n) is 3.66. The summed E-state index contributed by atoms with van der Waals surface area (Å²) in [4.78, 5) is 20.3. The third-order valence-electron chi connectivity index (χ3n) is 2.50. The Hall–Kier alpha value is -1.55. The van der Waals surface area contributed by atoms with Gasteiger partial charge in [-0.25, -0.2) is 4.79 Å². The molecule has 0 saturated carbocycles. The summed E-state index contributed by atoms with van der Waals surface area (Å²) >= 11 is 0. The number of anilines is 1. The molecule has 0 aromatic carbocycles. The fraction of sp³-hybridized carbons (Fsp3) is 0.625. The SMILES string of the molecule is Nc1nc([C@@H]2O[C@H](CO)[C@@H](O)[C@H]2O)[nH]c(=O)n1. The normalized spacial score (nSPS) is 32.9. The van der Waals surface area contributed by atoms with Crippen LogP contribution in [-0.2, 0) is 4.74 Å². The Morgan fingerprint density at radius 3 is 2.59 bits per heavy atom. The van der Waals surface area contributed by atoms with Crippen molar-refractivity contribution in [1.82, 2.24) is 15.0 Å². The van der Waals surface area contributed by atoms with E-state index in [2.05, 4.69) is 15.0 Å². The molecule has 1 aliphatic rings. The van der Waals surface area contributed by atoms with E-state index < -0.39 is 36.7 Å². The van der Waals surface area contributed by atoms with Crippen molar-refractivity contribution in [3.63, 3.8) is 0 Å². The molecule has 1 aromatic heterocycles. The third kappa shape index (κ3) is 2.13. The van der Waals surface area contributed by atoms with Crippen molar-refractivity contribution in [3.05, 3.63) is 16.3 Å². The minimum absolute atomic E-state index is 0.0370. The predicted molar refractivity (Wildman–Crippen MR) is 53.8 cm³/mol. The van der Waals surface area contributed by atoms with Crippen LogP contribution in [-0.4, -0.2) is 55.2 Å². The highest BCUT2D eigenvalue weighted by molar-refractivity contribution is 5.15. The molecule has 1 saturated heterocycles. The highest BCUT2D eigenvalue weighted by Gasteiger charge is 2.44. The van der Waals surface area contributed by atoms with E-state index in [9.17, 15) is 15.0 Å². The Bertz CT molecular complexity index is 463. The lowest BCUT2D eigenvalue weighted by Crippen LogP contribution is -2.33. The van der Waals surface area contributed by atoms with Gasteiger partial charge in [0, 0.05) is 0 Å². The molecule has 4 atom stereocenters. The first-order valence-electron chi connectivity index (χ1n) is 4.89. The molecule has 1 aliphatic heterocycles. The van der Waals surface area contributed by atoms with Gasteiger partial charge >= 0.3 is 5.69 Å². The van der Waals surface area contributed by atoms with E-state index in [4.69, 9.17) is 15.6 Å². The largest absolute Gasteiger partial charge is 0.394 e. The summed E-state index contributed by atoms with van der Waals surface area (Å²) < 4.78 is 5.17. The molecule has 0 spiro atoms. The monoisotopic (exact) mass is 244 g/mol. The number of aliphatic hydroxyl groups excluding tert-OH is 3. The number of H-pyrrole nitrogens is 1. The summed E-state index contributed by atoms with van der Waals surface area (Å²) in [6.07, 6.45) is -4.56. The van der Waals surface area contributed by atoms with Crippen LogP contribution in [0, 0.1) is 0 Å². The molecule has 94 valence electrons. The smallest absolute Gasteiger partial charge is 0.349 e. The van der Waals surface area contributed by atoms with Crippen LogP contribution in [0.25, 0.3) is 0 Å². The van der Waals surface area contributed by atoms with Gasteiger partial charge in [0.15, 0.2) is 0 Å². The zero-order valence-electron chi connectivity index (χ0n) is 8.65. The molecular weight excluding hydrogens is 232 g/mol. The standard InChI is InChI=1S/C8H12N4O5/c9-7-10-6(11-8(16)12-7)5-4(15)3(14)2(1-13)17-5/h2-5,13-15H,1H2,(H3,9,10,11,12,16)/t2-,3-,4-,5-/m1/s1. The molecule has 0 aliphatic carbocycles. The van der Waals surface area contributed by atoms with Gasteiger partial charge in [-0.2, -0.15) is 9.97 Å². The molecule has 9 heteroatoms. The van der Waals surface area contributed by atoms with Crippen LogP contribution in [0.4, 0.5) is 5.95 Å². The Morgan fingerprint density at radius 1 is 1.35 bits per heavy atom. The minimum Gasteiger partial charge on any atom is -0.394 e. The summed E-state index contributed by atoms with van der Waals surface area (Å²) in [5.74, 6) is -0.300. The maximum absolute atomic E-state index is 11.1. The number of nitrogens with two attached hydrogens (primary N) is 1. The summed E-state index contributed by atoms with van der Waals surface area (Å²) in [5, 5.41) is 28.1. The van der Waals surface area contributed by atoms with Gasteiger partial charge in [-0.05, 0) is 0 Å². The van der Waals surface area contributed by atoms with Gasteiger partial charge in [0.25, 0.3) is 0 Å². The number of aliphatic hydroxyl groups is 3. The number of hydrogen-bond acceptors (Lipinski definition) is 8. The Morgan fingerprint density at radius 2 is 2.06 bits per heavy atom. The molecule has 1 aromatic rings. The Labute approximate surface area is 94.9 Å². The molecule has 0 unspecified atom stereocenters. The Kier molecular flexibility index (Phi) is 3.07. The van der Waals surface area contributed by atoms with Gasteiger partial charge in [0.1, 0.15) is 30.2 Å². The van der Waals surface area contributed by atoms with Gasteiger partial charge in [0.05, 0.1) is 6.61 Å². The van der Waals surface area contributed by atoms with E-state index >= 15 is 0 Å². The lowest BCUT2D eigenvalue weighted by Gasteiger charge is -2.13. The molecule has 9 nitrogen and oxygen atoms in total. The van der Waals surface area contributed by atoms with Gasteiger partial charge in [-0.15, -0.1) is 0 Å². The third-order valence-corrected chi connectivity index (χ3v) is 2.50. The summed E-state index contributed by atoms with van der Waals surface area (Å²) in [6, 6.07) is 0. The van der Waals surface area contributed by atoms with Gasteiger partial charge in [-0.3, -0.25) is 4.98 Å². The van der Waals surface area contributed by atoms with Crippen LogP contribution in [0.5, 0.6) is 0 Å². The number of aromatic nitrogens is 3. The predicted octanol–water partition coefficient (Wildman–Crippen LogP) is -3.10. The summed E-state index contributed by atoms with van der Waals surface area (Å²) in [7, 11) is 0. The van der Waals surface area contributed by atoms with E-state index in [1.807, 2.05) is 0 Å². The average Bonchev–Trinajstić information content (AvgIpc) is 2.54. The lowest BCUT2D eigenvalue weighted by atomic mass is 10.1. The highest BCUT2D eigenvalue weighted by atomic mass is 16.6. The van der Waals surface area contributed by atoms with E-state index in [0.717, 1.165) is 0 Å². The average molecular weight is 244 g/mol. The van der Waals surface area contributed by atoms with Crippen molar-refractivity contribution in [1.29, 1.82) is 0 Å². The fourth-order valence-electron chi connectivity index (χ4n) is 1.68. The number of hydrogen-bond donors (Lipinski definition) is 5. The summed E-state index contributed by atoms with van der Waals surface area (Å²) in [6.45, 7) is -0.459. The van der Waals surface area contributed by atoms with E-state index in [1.165, 1.54) is 0 Å². The first-order chi connectivity index (χ1) is 8.02. The van der Waals surface area contributed by atoms with Crippen LogP contribution in [0.1, 0.15) is 11.9 Å². The minimum atomic E-state index is -1.31. The van der Waals surface area contributed by atoms with Gasteiger partial charge in [0.2, 0.25) is 5.95 Å².